The second-order valence-corrected chi connectivity index (χ2v) is 7.21. The van der Waals surface area contributed by atoms with Gasteiger partial charge in [-0.2, -0.15) is 0 Å². The van der Waals surface area contributed by atoms with Crippen molar-refractivity contribution in [2.75, 3.05) is 13.1 Å². The molecule has 2 heteroatoms. The Morgan fingerprint density at radius 2 is 1.90 bits per heavy atom. The van der Waals surface area contributed by atoms with Crippen LogP contribution in [0.3, 0.4) is 0 Å². The lowest BCUT2D eigenvalue weighted by molar-refractivity contribution is 0.0112. The van der Waals surface area contributed by atoms with Crippen molar-refractivity contribution in [3.05, 3.63) is 12.2 Å². The zero-order chi connectivity index (χ0) is 13.8. The Hall–Kier alpha value is -0.340. The van der Waals surface area contributed by atoms with Crippen LogP contribution in [0, 0.1) is 5.92 Å². The van der Waals surface area contributed by atoms with Crippen LogP contribution in [0.25, 0.3) is 0 Å². The Morgan fingerprint density at radius 1 is 1.10 bits per heavy atom. The van der Waals surface area contributed by atoms with Gasteiger partial charge in [0.05, 0.1) is 0 Å². The minimum absolute atomic E-state index is 0.799. The van der Waals surface area contributed by atoms with Crippen molar-refractivity contribution >= 4 is 0 Å². The molecule has 0 radical (unpaired) electrons. The van der Waals surface area contributed by atoms with Gasteiger partial charge in [0, 0.05) is 24.7 Å². The second-order valence-electron chi connectivity index (χ2n) is 7.21. The van der Waals surface area contributed by atoms with E-state index in [1.54, 1.807) is 0 Å². The van der Waals surface area contributed by atoms with Crippen LogP contribution in [-0.2, 0) is 0 Å². The summed E-state index contributed by atoms with van der Waals surface area (Å²) in [5.41, 5.74) is 0. The van der Waals surface area contributed by atoms with E-state index in [1.807, 2.05) is 0 Å². The lowest BCUT2D eigenvalue weighted by Gasteiger charge is -2.50. The Kier molecular flexibility index (Phi) is 5.17. The lowest BCUT2D eigenvalue weighted by atomic mass is 9.80. The maximum Gasteiger partial charge on any atom is 0.0113 e. The van der Waals surface area contributed by atoms with Crippen molar-refractivity contribution in [3.8, 4) is 0 Å². The third kappa shape index (κ3) is 3.46. The second kappa shape index (κ2) is 7.09. The third-order valence-corrected chi connectivity index (χ3v) is 5.66. The molecule has 2 fully saturated rings. The van der Waals surface area contributed by atoms with E-state index in [-0.39, 0.29) is 0 Å². The molecule has 0 aromatic carbocycles. The van der Waals surface area contributed by atoms with E-state index in [0.29, 0.717) is 0 Å². The molecule has 1 N–H and O–H groups in total. The van der Waals surface area contributed by atoms with Gasteiger partial charge in [-0.25, -0.2) is 0 Å². The summed E-state index contributed by atoms with van der Waals surface area (Å²) in [5, 5.41) is 3.79. The highest BCUT2D eigenvalue weighted by molar-refractivity contribution is 4.97. The molecule has 3 aliphatic rings. The molecule has 2 nitrogen and oxygen atoms in total. The zero-order valence-electron chi connectivity index (χ0n) is 13.2. The largest absolute Gasteiger partial charge is 0.314 e. The van der Waals surface area contributed by atoms with Gasteiger partial charge in [-0.15, -0.1) is 0 Å². The first-order chi connectivity index (χ1) is 9.86. The summed E-state index contributed by atoms with van der Waals surface area (Å²) in [7, 11) is 0. The van der Waals surface area contributed by atoms with E-state index in [0.717, 1.165) is 24.0 Å². The normalized spacial score (nSPS) is 38.0. The van der Waals surface area contributed by atoms with Crippen LogP contribution in [0.15, 0.2) is 12.2 Å². The van der Waals surface area contributed by atoms with Crippen LogP contribution in [0.5, 0.6) is 0 Å². The van der Waals surface area contributed by atoms with Gasteiger partial charge in [0.1, 0.15) is 0 Å². The highest BCUT2D eigenvalue weighted by atomic mass is 15.2. The van der Waals surface area contributed by atoms with Gasteiger partial charge < -0.3 is 5.32 Å². The summed E-state index contributed by atoms with van der Waals surface area (Å²) >= 11 is 0. The first-order valence-corrected chi connectivity index (χ1v) is 9.01. The minimum Gasteiger partial charge on any atom is -0.314 e. The Bertz CT molecular complexity index is 311. The molecule has 0 amide bonds. The summed E-state index contributed by atoms with van der Waals surface area (Å²) in [6, 6.07) is 2.55. The monoisotopic (exact) mass is 276 g/mol. The maximum atomic E-state index is 3.79. The summed E-state index contributed by atoms with van der Waals surface area (Å²) in [4.78, 5) is 2.91. The van der Waals surface area contributed by atoms with Gasteiger partial charge in [-0.05, 0) is 63.8 Å². The number of hydrogen-bond acceptors (Lipinski definition) is 2. The van der Waals surface area contributed by atoms with Crippen molar-refractivity contribution in [1.82, 2.24) is 10.2 Å². The fourth-order valence-corrected chi connectivity index (χ4v) is 4.61. The quantitative estimate of drug-likeness (QED) is 0.770. The molecule has 3 unspecified atom stereocenters. The van der Waals surface area contributed by atoms with E-state index in [2.05, 4.69) is 29.3 Å². The van der Waals surface area contributed by atoms with E-state index >= 15 is 0 Å². The Balaban J connectivity index is 1.56. The van der Waals surface area contributed by atoms with Gasteiger partial charge in [0.25, 0.3) is 0 Å². The molecular formula is C18H32N2. The van der Waals surface area contributed by atoms with Crippen molar-refractivity contribution < 1.29 is 0 Å². The lowest BCUT2D eigenvalue weighted by Crippen LogP contribution is -2.57. The van der Waals surface area contributed by atoms with Crippen LogP contribution in [0.1, 0.15) is 64.7 Å². The van der Waals surface area contributed by atoms with Crippen molar-refractivity contribution in [2.45, 2.75) is 82.8 Å². The summed E-state index contributed by atoms with van der Waals surface area (Å²) in [6.45, 7) is 4.86. The van der Waals surface area contributed by atoms with Crippen molar-refractivity contribution in [2.24, 2.45) is 5.92 Å². The third-order valence-electron chi connectivity index (χ3n) is 5.66. The van der Waals surface area contributed by atoms with Crippen LogP contribution < -0.4 is 5.32 Å². The topological polar surface area (TPSA) is 15.3 Å². The number of rotatable bonds is 5. The van der Waals surface area contributed by atoms with Crippen molar-refractivity contribution in [3.63, 3.8) is 0 Å². The predicted molar refractivity (Wildman–Crippen MR) is 85.9 cm³/mol. The highest BCUT2D eigenvalue weighted by Gasteiger charge is 2.38. The molecule has 2 heterocycles. The van der Waals surface area contributed by atoms with Crippen LogP contribution >= 0.6 is 0 Å². The molecule has 0 aromatic heterocycles. The summed E-state index contributed by atoms with van der Waals surface area (Å²) in [5.74, 6) is 0.934. The SMILES string of the molecule is CCCNC1CC2CCCC(C1)N2CC1CC=CCC1. The number of hydrogen-bond donors (Lipinski definition) is 1. The van der Waals surface area contributed by atoms with Crippen LogP contribution in [-0.4, -0.2) is 36.1 Å². The van der Waals surface area contributed by atoms with Crippen molar-refractivity contribution in [1.29, 1.82) is 0 Å². The first kappa shape index (κ1) is 14.6. The van der Waals surface area contributed by atoms with Crippen LogP contribution in [0.2, 0.25) is 0 Å². The van der Waals surface area contributed by atoms with E-state index in [9.17, 15) is 0 Å². The molecule has 0 aromatic rings. The molecule has 3 rings (SSSR count). The standard InChI is InChI=1S/C18H32N2/c1-2-11-19-16-12-17-9-6-10-18(13-16)20(17)14-15-7-4-3-5-8-15/h3-4,15-19H,2,5-14H2,1H3. The van der Waals surface area contributed by atoms with Gasteiger partial charge in [-0.3, -0.25) is 4.90 Å². The molecule has 2 aliphatic heterocycles. The highest BCUT2D eigenvalue weighted by Crippen LogP contribution is 2.35. The molecule has 20 heavy (non-hydrogen) atoms. The number of nitrogens with zero attached hydrogens (tertiary/aromatic N) is 1. The zero-order valence-corrected chi connectivity index (χ0v) is 13.2. The van der Waals surface area contributed by atoms with Crippen LogP contribution in [0.4, 0.5) is 0 Å². The number of piperidine rings is 2. The summed E-state index contributed by atoms with van der Waals surface area (Å²) < 4.78 is 0. The van der Waals surface area contributed by atoms with Gasteiger partial charge in [0.2, 0.25) is 0 Å². The fraction of sp³-hybridized carbons (Fsp3) is 0.889. The molecule has 0 spiro atoms. The Morgan fingerprint density at radius 3 is 2.55 bits per heavy atom. The number of nitrogens with one attached hydrogen (secondary N) is 1. The van der Waals surface area contributed by atoms with Gasteiger partial charge in [0.15, 0.2) is 0 Å². The minimum atomic E-state index is 0.799. The molecule has 0 saturated carbocycles. The Labute approximate surface area is 125 Å². The number of allylic oxidation sites excluding steroid dienone is 2. The van der Waals surface area contributed by atoms with E-state index in [1.165, 1.54) is 70.9 Å². The summed E-state index contributed by atoms with van der Waals surface area (Å²) in [6.07, 6.45) is 17.3. The van der Waals surface area contributed by atoms with Gasteiger partial charge in [-0.1, -0.05) is 25.5 Å². The first-order valence-electron chi connectivity index (χ1n) is 9.01. The molecule has 3 atom stereocenters. The maximum absolute atomic E-state index is 3.79. The predicted octanol–water partition coefficient (Wildman–Crippen LogP) is 3.73. The molecule has 1 aliphatic carbocycles. The van der Waals surface area contributed by atoms with E-state index < -0.39 is 0 Å². The number of fused-ring (bicyclic) bond motifs is 2. The van der Waals surface area contributed by atoms with E-state index in [4.69, 9.17) is 0 Å². The van der Waals surface area contributed by atoms with Gasteiger partial charge >= 0.3 is 0 Å². The molecular weight excluding hydrogens is 244 g/mol. The molecule has 2 bridgehead atoms. The molecule has 114 valence electrons. The molecule has 2 saturated heterocycles. The fourth-order valence-electron chi connectivity index (χ4n) is 4.61. The average molecular weight is 276 g/mol. The average Bonchev–Trinajstić information content (AvgIpc) is 2.46. The smallest absolute Gasteiger partial charge is 0.0113 e.